The Kier molecular flexibility index (Phi) is 6.44. The maximum Gasteiger partial charge on any atom is 0.346 e. The van der Waals surface area contributed by atoms with E-state index < -0.39 is 18.0 Å². The van der Waals surface area contributed by atoms with Crippen LogP contribution in [0.5, 0.6) is 5.75 Å². The van der Waals surface area contributed by atoms with Crippen molar-refractivity contribution in [3.05, 3.63) is 27.9 Å². The third kappa shape index (κ3) is 4.32. The van der Waals surface area contributed by atoms with E-state index in [1.807, 2.05) is 0 Å². The Morgan fingerprint density at radius 3 is 2.60 bits per heavy atom. The van der Waals surface area contributed by atoms with E-state index in [9.17, 15) is 9.59 Å². The minimum Gasteiger partial charge on any atom is -0.478 e. The summed E-state index contributed by atoms with van der Waals surface area (Å²) in [6.45, 7) is 3.69. The molecule has 1 atom stereocenters. The van der Waals surface area contributed by atoms with E-state index in [1.54, 1.807) is 26.0 Å². The summed E-state index contributed by atoms with van der Waals surface area (Å²) in [5.74, 6) is -0.197. The number of aryl methyl sites for hydroxylation is 1. The predicted molar refractivity (Wildman–Crippen MR) is 92.9 cm³/mol. The summed E-state index contributed by atoms with van der Waals surface area (Å²) in [7, 11) is 2.81. The number of esters is 2. The molecule has 7 nitrogen and oxygen atoms in total. The van der Waals surface area contributed by atoms with Crippen LogP contribution in [0.4, 0.5) is 0 Å². The number of benzene rings is 1. The second-order valence-corrected chi connectivity index (χ2v) is 6.08. The van der Waals surface area contributed by atoms with E-state index in [0.717, 1.165) is 0 Å². The zero-order valence-corrected chi connectivity index (χ0v) is 16.0. The van der Waals surface area contributed by atoms with Gasteiger partial charge in [-0.2, -0.15) is 0 Å². The SMILES string of the molecule is COCCOC(=O)c1c(C)oc2cc(Br)c(O[C@H](C)C(=O)OC)cc12. The maximum absolute atomic E-state index is 12.3. The zero-order chi connectivity index (χ0) is 18.6. The number of furan rings is 1. The van der Waals surface area contributed by atoms with Crippen molar-refractivity contribution in [1.29, 1.82) is 0 Å². The average Bonchev–Trinajstić information content (AvgIpc) is 2.89. The summed E-state index contributed by atoms with van der Waals surface area (Å²) in [5, 5.41) is 0.537. The van der Waals surface area contributed by atoms with Crippen molar-refractivity contribution in [3.63, 3.8) is 0 Å². The van der Waals surface area contributed by atoms with Crippen LogP contribution in [0, 0.1) is 6.92 Å². The smallest absolute Gasteiger partial charge is 0.346 e. The van der Waals surface area contributed by atoms with Crippen molar-refractivity contribution in [3.8, 4) is 5.75 Å². The monoisotopic (exact) mass is 414 g/mol. The second-order valence-electron chi connectivity index (χ2n) is 5.22. The lowest BCUT2D eigenvalue weighted by molar-refractivity contribution is -0.147. The van der Waals surface area contributed by atoms with Crippen molar-refractivity contribution in [2.24, 2.45) is 0 Å². The van der Waals surface area contributed by atoms with Gasteiger partial charge in [-0.15, -0.1) is 0 Å². The normalized spacial score (nSPS) is 12.0. The van der Waals surface area contributed by atoms with Gasteiger partial charge in [0.1, 0.15) is 29.3 Å². The van der Waals surface area contributed by atoms with Crippen LogP contribution in [0.2, 0.25) is 0 Å². The van der Waals surface area contributed by atoms with Crippen LogP contribution < -0.4 is 4.74 Å². The van der Waals surface area contributed by atoms with Crippen molar-refractivity contribution in [2.75, 3.05) is 27.4 Å². The van der Waals surface area contributed by atoms with Gasteiger partial charge in [-0.25, -0.2) is 9.59 Å². The molecule has 2 rings (SSSR count). The molecule has 0 bridgehead atoms. The number of methoxy groups -OCH3 is 2. The highest BCUT2D eigenvalue weighted by molar-refractivity contribution is 9.10. The lowest BCUT2D eigenvalue weighted by Gasteiger charge is -2.13. The van der Waals surface area contributed by atoms with E-state index in [-0.39, 0.29) is 6.61 Å². The minimum atomic E-state index is -0.802. The van der Waals surface area contributed by atoms with Gasteiger partial charge < -0.3 is 23.4 Å². The second kappa shape index (κ2) is 8.35. The first-order chi connectivity index (χ1) is 11.9. The minimum absolute atomic E-state index is 0.140. The van der Waals surface area contributed by atoms with Crippen LogP contribution in [0.15, 0.2) is 21.0 Å². The van der Waals surface area contributed by atoms with Crippen molar-refractivity contribution < 1.29 is 33.0 Å². The highest BCUT2D eigenvalue weighted by Gasteiger charge is 2.23. The van der Waals surface area contributed by atoms with Gasteiger partial charge in [0.05, 0.1) is 18.2 Å². The number of fused-ring (bicyclic) bond motifs is 1. The fourth-order valence-electron chi connectivity index (χ4n) is 2.26. The zero-order valence-electron chi connectivity index (χ0n) is 14.4. The van der Waals surface area contributed by atoms with Gasteiger partial charge in [0.25, 0.3) is 0 Å². The number of hydrogen-bond donors (Lipinski definition) is 0. The molecule has 0 radical (unpaired) electrons. The Bertz CT molecular complexity index is 781. The van der Waals surface area contributed by atoms with Gasteiger partial charge in [-0.05, 0) is 41.9 Å². The Morgan fingerprint density at radius 2 is 1.96 bits per heavy atom. The molecule has 0 aliphatic heterocycles. The van der Waals surface area contributed by atoms with Gasteiger partial charge >= 0.3 is 11.9 Å². The number of carbonyl (C=O) groups is 2. The number of halogens is 1. The molecule has 0 saturated carbocycles. The summed E-state index contributed by atoms with van der Waals surface area (Å²) >= 11 is 3.37. The third-order valence-electron chi connectivity index (χ3n) is 3.48. The predicted octanol–water partition coefficient (Wildman–Crippen LogP) is 3.25. The van der Waals surface area contributed by atoms with E-state index in [2.05, 4.69) is 20.7 Å². The van der Waals surface area contributed by atoms with Gasteiger partial charge in [0.2, 0.25) is 0 Å². The van der Waals surface area contributed by atoms with Crippen LogP contribution >= 0.6 is 15.9 Å². The van der Waals surface area contributed by atoms with Gasteiger partial charge in [0, 0.05) is 12.5 Å². The van der Waals surface area contributed by atoms with E-state index in [4.69, 9.17) is 18.6 Å². The third-order valence-corrected chi connectivity index (χ3v) is 4.10. The topological polar surface area (TPSA) is 84.2 Å². The highest BCUT2D eigenvalue weighted by atomic mass is 79.9. The highest BCUT2D eigenvalue weighted by Crippen LogP contribution is 2.35. The molecule has 0 spiro atoms. The molecule has 136 valence electrons. The molecule has 0 amide bonds. The quantitative estimate of drug-likeness (QED) is 0.507. The molecule has 8 heteroatoms. The van der Waals surface area contributed by atoms with Gasteiger partial charge in [-0.1, -0.05) is 0 Å². The molecule has 1 aromatic heterocycles. The Labute approximate surface area is 153 Å². The van der Waals surface area contributed by atoms with Crippen LogP contribution in [0.3, 0.4) is 0 Å². The van der Waals surface area contributed by atoms with Crippen LogP contribution in [0.1, 0.15) is 23.0 Å². The summed E-state index contributed by atoms with van der Waals surface area (Å²) in [5.41, 5.74) is 0.815. The molecule has 0 unspecified atom stereocenters. The first-order valence-electron chi connectivity index (χ1n) is 7.52. The Balaban J connectivity index is 2.37. The molecule has 0 saturated heterocycles. The largest absolute Gasteiger partial charge is 0.478 e. The molecule has 0 aliphatic rings. The van der Waals surface area contributed by atoms with Crippen molar-refractivity contribution in [1.82, 2.24) is 0 Å². The number of carbonyl (C=O) groups excluding carboxylic acids is 2. The lowest BCUT2D eigenvalue weighted by Crippen LogP contribution is -2.25. The molecule has 1 heterocycles. The fourth-order valence-corrected chi connectivity index (χ4v) is 2.67. The summed E-state index contributed by atoms with van der Waals surface area (Å²) in [6, 6.07) is 3.30. The molecule has 0 fully saturated rings. The van der Waals surface area contributed by atoms with Crippen LogP contribution in [0.25, 0.3) is 11.0 Å². The molecule has 25 heavy (non-hydrogen) atoms. The van der Waals surface area contributed by atoms with Gasteiger partial charge in [0.15, 0.2) is 6.10 Å². The Hall–Kier alpha value is -2.06. The Morgan fingerprint density at radius 1 is 1.24 bits per heavy atom. The van der Waals surface area contributed by atoms with Gasteiger partial charge in [-0.3, -0.25) is 0 Å². The van der Waals surface area contributed by atoms with Crippen molar-refractivity contribution >= 4 is 38.8 Å². The van der Waals surface area contributed by atoms with Crippen molar-refractivity contribution in [2.45, 2.75) is 20.0 Å². The maximum atomic E-state index is 12.3. The summed E-state index contributed by atoms with van der Waals surface area (Å²) in [6.07, 6.45) is -0.802. The number of ether oxygens (including phenoxy) is 4. The van der Waals surface area contributed by atoms with E-state index in [0.29, 0.717) is 39.1 Å². The van der Waals surface area contributed by atoms with Crippen LogP contribution in [-0.4, -0.2) is 45.5 Å². The fraction of sp³-hybridized carbons (Fsp3) is 0.412. The van der Waals surface area contributed by atoms with E-state index >= 15 is 0 Å². The molecule has 0 aliphatic carbocycles. The number of rotatable bonds is 7. The number of hydrogen-bond acceptors (Lipinski definition) is 7. The average molecular weight is 415 g/mol. The lowest BCUT2D eigenvalue weighted by atomic mass is 10.1. The molecule has 0 N–H and O–H groups in total. The molecular weight excluding hydrogens is 396 g/mol. The molecular formula is C17H19BrO7. The first kappa shape index (κ1) is 19.3. The van der Waals surface area contributed by atoms with Crippen LogP contribution in [-0.2, 0) is 19.0 Å². The first-order valence-corrected chi connectivity index (χ1v) is 8.31. The molecule has 2 aromatic rings. The van der Waals surface area contributed by atoms with E-state index in [1.165, 1.54) is 14.2 Å². The standard InChI is InChI=1S/C17H19BrO7/c1-9-15(17(20)23-6-5-21-3)11-7-14(12(18)8-13(11)24-9)25-10(2)16(19)22-4/h7-8,10H,5-6H2,1-4H3/t10-/m1/s1. The summed E-state index contributed by atoms with van der Waals surface area (Å²) < 4.78 is 26.5. The molecule has 1 aromatic carbocycles. The summed E-state index contributed by atoms with van der Waals surface area (Å²) in [4.78, 5) is 23.9.